The molecule has 1 spiro atoms. The van der Waals surface area contributed by atoms with Gasteiger partial charge in [-0.2, -0.15) is 0 Å². The van der Waals surface area contributed by atoms with Crippen molar-refractivity contribution in [3.8, 4) is 0 Å². The fraction of sp³-hybridized carbons (Fsp3) is 1.00. The number of aliphatic hydroxyl groups excluding tert-OH is 1. The summed E-state index contributed by atoms with van der Waals surface area (Å²) in [6.45, 7) is 4.24. The normalized spacial score (nSPS) is 40.9. The third-order valence-corrected chi connectivity index (χ3v) is 4.51. The molecule has 1 atom stereocenters. The second-order valence-electron chi connectivity index (χ2n) is 5.39. The van der Waals surface area contributed by atoms with Crippen molar-refractivity contribution in [2.45, 2.75) is 31.2 Å². The third-order valence-electron chi connectivity index (χ3n) is 4.51. The van der Waals surface area contributed by atoms with E-state index in [2.05, 4.69) is 4.90 Å². The highest BCUT2D eigenvalue weighted by molar-refractivity contribution is 5.08. The Kier molecular flexibility index (Phi) is 1.92. The lowest BCUT2D eigenvalue weighted by Crippen LogP contribution is -2.68. The van der Waals surface area contributed by atoms with Gasteiger partial charge in [-0.3, -0.25) is 4.90 Å². The Balaban J connectivity index is 1.65. The first-order chi connectivity index (χ1) is 6.79. The van der Waals surface area contributed by atoms with E-state index in [1.807, 2.05) is 0 Å². The van der Waals surface area contributed by atoms with Gasteiger partial charge in [-0.25, -0.2) is 0 Å². The van der Waals surface area contributed by atoms with Gasteiger partial charge in [0.1, 0.15) is 0 Å². The first kappa shape index (κ1) is 9.13. The number of rotatable bonds is 2. The Morgan fingerprint density at radius 1 is 1.21 bits per heavy atom. The molecular formula is C11H19NO2. The maximum Gasteiger partial charge on any atom is 0.0698 e. The van der Waals surface area contributed by atoms with Crippen LogP contribution in [0.4, 0.5) is 0 Å². The highest BCUT2D eigenvalue weighted by Crippen LogP contribution is 2.51. The van der Waals surface area contributed by atoms with Crippen molar-refractivity contribution in [3.05, 3.63) is 0 Å². The summed E-state index contributed by atoms with van der Waals surface area (Å²) in [5, 5.41) is 9.49. The fourth-order valence-corrected chi connectivity index (χ4v) is 3.16. The van der Waals surface area contributed by atoms with E-state index in [1.54, 1.807) is 0 Å². The molecule has 3 fully saturated rings. The monoisotopic (exact) mass is 197 g/mol. The molecule has 1 aliphatic carbocycles. The van der Waals surface area contributed by atoms with Gasteiger partial charge in [0.2, 0.25) is 0 Å². The molecule has 0 bridgehead atoms. The van der Waals surface area contributed by atoms with Crippen LogP contribution >= 0.6 is 0 Å². The molecule has 80 valence electrons. The zero-order chi connectivity index (χ0) is 9.65. The van der Waals surface area contributed by atoms with Crippen LogP contribution in [0.1, 0.15) is 25.7 Å². The van der Waals surface area contributed by atoms with Gasteiger partial charge in [0.15, 0.2) is 0 Å². The average molecular weight is 197 g/mol. The minimum atomic E-state index is -0.0131. The Bertz CT molecular complexity index is 223. The van der Waals surface area contributed by atoms with E-state index < -0.39 is 0 Å². The molecule has 1 unspecified atom stereocenters. The number of ether oxygens (including phenoxy) is 1. The lowest BCUT2D eigenvalue weighted by Gasteiger charge is -2.61. The Hall–Kier alpha value is -0.120. The van der Waals surface area contributed by atoms with E-state index in [9.17, 15) is 5.11 Å². The van der Waals surface area contributed by atoms with Crippen molar-refractivity contribution in [2.24, 2.45) is 5.41 Å². The zero-order valence-corrected chi connectivity index (χ0v) is 8.67. The van der Waals surface area contributed by atoms with Gasteiger partial charge in [0.05, 0.1) is 18.8 Å². The fourth-order valence-electron chi connectivity index (χ4n) is 3.16. The van der Waals surface area contributed by atoms with Crippen LogP contribution in [0.25, 0.3) is 0 Å². The largest absolute Gasteiger partial charge is 0.394 e. The van der Waals surface area contributed by atoms with Gasteiger partial charge in [0.25, 0.3) is 0 Å². The van der Waals surface area contributed by atoms with Crippen LogP contribution in [0.3, 0.4) is 0 Å². The minimum Gasteiger partial charge on any atom is -0.394 e. The molecule has 2 aliphatic heterocycles. The molecule has 2 saturated heterocycles. The standard InChI is InChI=1S/C11H19NO2/c13-8-11(4-5-14-9-11)12-6-10(7-12)2-1-3-10/h13H,1-9H2. The quantitative estimate of drug-likeness (QED) is 0.704. The molecule has 3 heteroatoms. The van der Waals surface area contributed by atoms with Crippen LogP contribution in [0.15, 0.2) is 0 Å². The van der Waals surface area contributed by atoms with Crippen molar-refractivity contribution in [1.82, 2.24) is 4.90 Å². The molecule has 0 aromatic rings. The van der Waals surface area contributed by atoms with Crippen LogP contribution in [0.5, 0.6) is 0 Å². The zero-order valence-electron chi connectivity index (χ0n) is 8.67. The summed E-state index contributed by atoms with van der Waals surface area (Å²) in [7, 11) is 0. The number of nitrogens with zero attached hydrogens (tertiary/aromatic N) is 1. The molecule has 1 saturated carbocycles. The van der Waals surface area contributed by atoms with Crippen LogP contribution < -0.4 is 0 Å². The summed E-state index contributed by atoms with van der Waals surface area (Å²) in [4.78, 5) is 2.46. The van der Waals surface area contributed by atoms with E-state index in [-0.39, 0.29) is 12.1 Å². The molecule has 14 heavy (non-hydrogen) atoms. The maximum atomic E-state index is 9.49. The van der Waals surface area contributed by atoms with Gasteiger partial charge in [0, 0.05) is 19.7 Å². The summed E-state index contributed by atoms with van der Waals surface area (Å²) in [6, 6.07) is 0. The van der Waals surface area contributed by atoms with Crippen molar-refractivity contribution >= 4 is 0 Å². The van der Waals surface area contributed by atoms with Crippen LogP contribution in [0.2, 0.25) is 0 Å². The molecule has 0 aromatic heterocycles. The first-order valence-corrected chi connectivity index (χ1v) is 5.72. The van der Waals surface area contributed by atoms with E-state index in [1.165, 1.54) is 32.4 Å². The first-order valence-electron chi connectivity index (χ1n) is 5.72. The average Bonchev–Trinajstić information content (AvgIpc) is 2.49. The van der Waals surface area contributed by atoms with E-state index in [0.717, 1.165) is 19.6 Å². The molecule has 3 aliphatic rings. The summed E-state index contributed by atoms with van der Waals surface area (Å²) in [5.74, 6) is 0. The topological polar surface area (TPSA) is 32.7 Å². The second kappa shape index (κ2) is 2.94. The van der Waals surface area contributed by atoms with Crippen molar-refractivity contribution in [1.29, 1.82) is 0 Å². The Morgan fingerprint density at radius 3 is 2.43 bits per heavy atom. The number of hydrogen-bond donors (Lipinski definition) is 1. The highest BCUT2D eigenvalue weighted by atomic mass is 16.5. The van der Waals surface area contributed by atoms with Crippen LogP contribution in [0, 0.1) is 5.41 Å². The molecule has 2 heterocycles. The molecule has 0 radical (unpaired) electrons. The highest BCUT2D eigenvalue weighted by Gasteiger charge is 2.54. The van der Waals surface area contributed by atoms with Gasteiger partial charge in [-0.15, -0.1) is 0 Å². The third kappa shape index (κ3) is 1.09. The number of aliphatic hydroxyl groups is 1. The molecule has 3 rings (SSSR count). The molecule has 0 aromatic carbocycles. The molecule has 3 nitrogen and oxygen atoms in total. The summed E-state index contributed by atoms with van der Waals surface area (Å²) < 4.78 is 5.43. The number of likely N-dealkylation sites (tertiary alicyclic amines) is 1. The van der Waals surface area contributed by atoms with E-state index >= 15 is 0 Å². The predicted octanol–water partition coefficient (Wildman–Crippen LogP) is 0.624. The SMILES string of the molecule is OCC1(N2CC3(CCC3)C2)CCOC1. The molecule has 0 amide bonds. The predicted molar refractivity (Wildman–Crippen MR) is 53.1 cm³/mol. The minimum absolute atomic E-state index is 0.0131. The number of hydrogen-bond acceptors (Lipinski definition) is 3. The Labute approximate surface area is 85.0 Å². The second-order valence-corrected chi connectivity index (χ2v) is 5.39. The van der Waals surface area contributed by atoms with Crippen LogP contribution in [-0.2, 0) is 4.74 Å². The van der Waals surface area contributed by atoms with E-state index in [4.69, 9.17) is 4.74 Å². The summed E-state index contributed by atoms with van der Waals surface area (Å²) in [6.07, 6.45) is 5.24. The van der Waals surface area contributed by atoms with Gasteiger partial charge < -0.3 is 9.84 Å². The van der Waals surface area contributed by atoms with Crippen molar-refractivity contribution in [3.63, 3.8) is 0 Å². The smallest absolute Gasteiger partial charge is 0.0698 e. The maximum absolute atomic E-state index is 9.49. The van der Waals surface area contributed by atoms with Gasteiger partial charge in [-0.1, -0.05) is 6.42 Å². The van der Waals surface area contributed by atoms with Crippen molar-refractivity contribution < 1.29 is 9.84 Å². The summed E-state index contributed by atoms with van der Waals surface area (Å²) >= 11 is 0. The van der Waals surface area contributed by atoms with Crippen molar-refractivity contribution in [2.75, 3.05) is 32.9 Å². The van der Waals surface area contributed by atoms with Gasteiger partial charge >= 0.3 is 0 Å². The molecule has 1 N–H and O–H groups in total. The summed E-state index contributed by atoms with van der Waals surface area (Å²) in [5.41, 5.74) is 0.644. The van der Waals surface area contributed by atoms with Crippen LogP contribution in [-0.4, -0.2) is 48.5 Å². The van der Waals surface area contributed by atoms with E-state index in [0.29, 0.717) is 5.41 Å². The van der Waals surface area contributed by atoms with Gasteiger partial charge in [-0.05, 0) is 24.7 Å². The molecular weight excluding hydrogens is 178 g/mol. The Morgan fingerprint density at radius 2 is 2.00 bits per heavy atom. The lowest BCUT2D eigenvalue weighted by atomic mass is 9.62. The lowest BCUT2D eigenvalue weighted by molar-refractivity contribution is -0.132.